The van der Waals surface area contributed by atoms with Crippen LogP contribution in [0.1, 0.15) is 44.1 Å². The summed E-state index contributed by atoms with van der Waals surface area (Å²) in [4.78, 5) is 26.4. The molecular weight excluding hydrogens is 362 g/mol. The SMILES string of the molecule is NC(=O)CCCCCCC(=O)NCCc1c(-c2ccccc2)[nH]c2ccccc12. The van der Waals surface area contributed by atoms with E-state index in [9.17, 15) is 9.59 Å². The average Bonchev–Trinajstić information content (AvgIpc) is 3.10. The summed E-state index contributed by atoms with van der Waals surface area (Å²) in [5.41, 5.74) is 9.75. The number of carbonyl (C=O) groups excluding carboxylic acids is 2. The minimum absolute atomic E-state index is 0.0843. The molecule has 3 rings (SSSR count). The van der Waals surface area contributed by atoms with Crippen molar-refractivity contribution in [1.82, 2.24) is 10.3 Å². The zero-order valence-electron chi connectivity index (χ0n) is 16.7. The number of rotatable bonds is 11. The summed E-state index contributed by atoms with van der Waals surface area (Å²) in [6, 6.07) is 18.6. The van der Waals surface area contributed by atoms with E-state index in [1.54, 1.807) is 0 Å². The molecule has 4 N–H and O–H groups in total. The van der Waals surface area contributed by atoms with Gasteiger partial charge in [0.1, 0.15) is 0 Å². The van der Waals surface area contributed by atoms with E-state index in [-0.39, 0.29) is 11.8 Å². The first-order valence-corrected chi connectivity index (χ1v) is 10.3. The smallest absolute Gasteiger partial charge is 0.220 e. The molecule has 0 bridgehead atoms. The maximum Gasteiger partial charge on any atom is 0.220 e. The number of unbranched alkanes of at least 4 members (excludes halogenated alkanes) is 3. The quantitative estimate of drug-likeness (QED) is 0.425. The molecule has 3 aromatic rings. The van der Waals surface area contributed by atoms with Gasteiger partial charge in [0.25, 0.3) is 0 Å². The lowest BCUT2D eigenvalue weighted by atomic mass is 10.0. The standard InChI is InChI=1S/C24H29N3O2/c25-22(28)14-6-1-2-7-15-23(29)26-17-16-20-19-12-8-9-13-21(19)27-24(20)18-10-4-3-5-11-18/h3-5,8-13,27H,1-2,6-7,14-17H2,(H2,25,28)(H,26,29). The molecular formula is C24H29N3O2. The van der Waals surface area contributed by atoms with Crippen molar-refractivity contribution in [3.63, 3.8) is 0 Å². The predicted octanol–water partition coefficient (Wildman–Crippen LogP) is 4.32. The zero-order valence-corrected chi connectivity index (χ0v) is 16.7. The highest BCUT2D eigenvalue weighted by Crippen LogP contribution is 2.30. The van der Waals surface area contributed by atoms with Crippen LogP contribution in [0.5, 0.6) is 0 Å². The van der Waals surface area contributed by atoms with Gasteiger partial charge in [0.15, 0.2) is 0 Å². The highest BCUT2D eigenvalue weighted by molar-refractivity contribution is 5.90. The number of hydrogen-bond acceptors (Lipinski definition) is 2. The number of aromatic nitrogens is 1. The highest BCUT2D eigenvalue weighted by Gasteiger charge is 2.13. The fourth-order valence-corrected chi connectivity index (χ4v) is 3.66. The van der Waals surface area contributed by atoms with Crippen molar-refractivity contribution in [2.75, 3.05) is 6.54 Å². The van der Waals surface area contributed by atoms with Crippen molar-refractivity contribution >= 4 is 22.7 Å². The second-order valence-corrected chi connectivity index (χ2v) is 7.37. The molecule has 5 nitrogen and oxygen atoms in total. The molecule has 1 aromatic heterocycles. The van der Waals surface area contributed by atoms with Crippen LogP contribution in [-0.2, 0) is 16.0 Å². The maximum atomic E-state index is 12.1. The van der Waals surface area contributed by atoms with Crippen molar-refractivity contribution < 1.29 is 9.59 Å². The number of H-pyrrole nitrogens is 1. The van der Waals surface area contributed by atoms with Gasteiger partial charge >= 0.3 is 0 Å². The van der Waals surface area contributed by atoms with Crippen molar-refractivity contribution in [2.24, 2.45) is 5.73 Å². The molecule has 0 aliphatic rings. The van der Waals surface area contributed by atoms with Crippen LogP contribution >= 0.6 is 0 Å². The predicted molar refractivity (Wildman–Crippen MR) is 117 cm³/mol. The Balaban J connectivity index is 1.53. The van der Waals surface area contributed by atoms with Crippen LogP contribution in [-0.4, -0.2) is 23.3 Å². The normalized spacial score (nSPS) is 10.9. The van der Waals surface area contributed by atoms with Gasteiger partial charge in [-0.25, -0.2) is 0 Å². The van der Waals surface area contributed by atoms with Crippen LogP contribution in [0, 0.1) is 0 Å². The Labute approximate surface area is 171 Å². The molecule has 0 fully saturated rings. The number of carbonyl (C=O) groups is 2. The first-order chi connectivity index (χ1) is 14.1. The molecule has 0 aliphatic heterocycles. The fraction of sp³-hybridized carbons (Fsp3) is 0.333. The molecule has 2 aromatic carbocycles. The minimum atomic E-state index is -0.255. The van der Waals surface area contributed by atoms with E-state index in [1.807, 2.05) is 30.3 Å². The number of fused-ring (bicyclic) bond motifs is 1. The zero-order chi connectivity index (χ0) is 20.5. The number of amides is 2. The van der Waals surface area contributed by atoms with E-state index in [2.05, 4.69) is 34.6 Å². The fourth-order valence-electron chi connectivity index (χ4n) is 3.66. The lowest BCUT2D eigenvalue weighted by molar-refractivity contribution is -0.121. The van der Waals surface area contributed by atoms with Crippen molar-refractivity contribution in [1.29, 1.82) is 0 Å². The summed E-state index contributed by atoms with van der Waals surface area (Å²) in [6.07, 6.45) is 5.26. The summed E-state index contributed by atoms with van der Waals surface area (Å²) in [5.74, 6) is -0.170. The van der Waals surface area contributed by atoms with Crippen molar-refractivity contribution in [3.05, 3.63) is 60.2 Å². The minimum Gasteiger partial charge on any atom is -0.370 e. The molecule has 0 spiro atoms. The van der Waals surface area contributed by atoms with Gasteiger partial charge in [0, 0.05) is 36.0 Å². The molecule has 1 heterocycles. The Morgan fingerprint density at radius 3 is 2.31 bits per heavy atom. The number of hydrogen-bond donors (Lipinski definition) is 3. The summed E-state index contributed by atoms with van der Waals surface area (Å²) >= 11 is 0. The Bertz CT molecular complexity index is 947. The third-order valence-corrected chi connectivity index (χ3v) is 5.15. The van der Waals surface area contributed by atoms with Gasteiger partial charge in [-0.15, -0.1) is 0 Å². The molecule has 0 saturated carbocycles. The van der Waals surface area contributed by atoms with Gasteiger partial charge in [-0.3, -0.25) is 9.59 Å². The van der Waals surface area contributed by atoms with Crippen LogP contribution in [0.2, 0.25) is 0 Å². The van der Waals surface area contributed by atoms with Crippen molar-refractivity contribution in [3.8, 4) is 11.3 Å². The second kappa shape index (κ2) is 10.5. The van der Waals surface area contributed by atoms with Crippen LogP contribution < -0.4 is 11.1 Å². The Kier molecular flexibility index (Phi) is 7.45. The van der Waals surface area contributed by atoms with Crippen LogP contribution in [0.3, 0.4) is 0 Å². The number of benzene rings is 2. The van der Waals surface area contributed by atoms with Gasteiger partial charge in [-0.1, -0.05) is 61.4 Å². The van der Waals surface area contributed by atoms with E-state index >= 15 is 0 Å². The van der Waals surface area contributed by atoms with Crippen LogP contribution in [0.15, 0.2) is 54.6 Å². The lowest BCUT2D eigenvalue weighted by Gasteiger charge is -2.08. The molecule has 0 atom stereocenters. The molecule has 29 heavy (non-hydrogen) atoms. The maximum absolute atomic E-state index is 12.1. The van der Waals surface area contributed by atoms with Gasteiger partial charge in [-0.2, -0.15) is 0 Å². The topological polar surface area (TPSA) is 88.0 Å². The summed E-state index contributed by atoms with van der Waals surface area (Å²) in [6.45, 7) is 0.613. The number of primary amides is 1. The van der Waals surface area contributed by atoms with Crippen LogP contribution in [0.4, 0.5) is 0 Å². The van der Waals surface area contributed by atoms with Crippen LogP contribution in [0.25, 0.3) is 22.2 Å². The molecule has 0 saturated heterocycles. The average molecular weight is 392 g/mol. The number of para-hydroxylation sites is 1. The highest BCUT2D eigenvalue weighted by atomic mass is 16.1. The van der Waals surface area contributed by atoms with E-state index in [0.717, 1.165) is 48.9 Å². The lowest BCUT2D eigenvalue weighted by Crippen LogP contribution is -2.25. The first-order valence-electron chi connectivity index (χ1n) is 10.3. The van der Waals surface area contributed by atoms with Gasteiger partial charge in [0.2, 0.25) is 11.8 Å². The molecule has 0 aliphatic carbocycles. The summed E-state index contributed by atoms with van der Waals surface area (Å²) in [5, 5.41) is 4.25. The van der Waals surface area contributed by atoms with E-state index in [1.165, 1.54) is 10.9 Å². The third kappa shape index (κ3) is 5.95. The largest absolute Gasteiger partial charge is 0.370 e. The monoisotopic (exact) mass is 391 g/mol. The molecule has 152 valence electrons. The Morgan fingerprint density at radius 1 is 0.862 bits per heavy atom. The number of nitrogens with one attached hydrogen (secondary N) is 2. The Morgan fingerprint density at radius 2 is 1.55 bits per heavy atom. The molecule has 5 heteroatoms. The number of aromatic amines is 1. The van der Waals surface area contributed by atoms with E-state index in [4.69, 9.17) is 5.73 Å². The summed E-state index contributed by atoms with van der Waals surface area (Å²) < 4.78 is 0. The molecule has 0 radical (unpaired) electrons. The molecule has 0 unspecified atom stereocenters. The number of nitrogens with two attached hydrogens (primary N) is 1. The second-order valence-electron chi connectivity index (χ2n) is 7.37. The van der Waals surface area contributed by atoms with E-state index in [0.29, 0.717) is 19.4 Å². The van der Waals surface area contributed by atoms with E-state index < -0.39 is 0 Å². The first kappa shape index (κ1) is 20.6. The molecule has 2 amide bonds. The van der Waals surface area contributed by atoms with Gasteiger partial charge in [-0.05, 0) is 36.5 Å². The van der Waals surface area contributed by atoms with Gasteiger partial charge in [0.05, 0.1) is 0 Å². The van der Waals surface area contributed by atoms with Gasteiger partial charge < -0.3 is 16.0 Å². The Hall–Kier alpha value is -3.08. The van der Waals surface area contributed by atoms with Crippen molar-refractivity contribution in [2.45, 2.75) is 44.9 Å². The summed E-state index contributed by atoms with van der Waals surface area (Å²) in [7, 11) is 0. The third-order valence-electron chi connectivity index (χ3n) is 5.15.